The number of ketones is 1. The molecule has 0 unspecified atom stereocenters. The number of carboxylic acid groups (broad SMARTS) is 1. The van der Waals surface area contributed by atoms with Crippen molar-refractivity contribution in [1.82, 2.24) is 0 Å². The highest BCUT2D eigenvalue weighted by molar-refractivity contribution is 7.99. The molecular formula is C12H14O4S. The number of ether oxygens (including phenoxy) is 1. The van der Waals surface area contributed by atoms with E-state index in [4.69, 9.17) is 9.84 Å². The van der Waals surface area contributed by atoms with Gasteiger partial charge in [0.05, 0.1) is 12.9 Å². The van der Waals surface area contributed by atoms with E-state index in [1.54, 1.807) is 6.07 Å². The van der Waals surface area contributed by atoms with Gasteiger partial charge in [-0.1, -0.05) is 6.92 Å². The Hall–Kier alpha value is -1.49. The zero-order valence-corrected chi connectivity index (χ0v) is 10.5. The average molecular weight is 254 g/mol. The molecule has 1 rings (SSSR count). The van der Waals surface area contributed by atoms with Crippen LogP contribution in [0.2, 0.25) is 0 Å². The van der Waals surface area contributed by atoms with Gasteiger partial charge in [-0.2, -0.15) is 11.8 Å². The molecule has 0 atom stereocenters. The summed E-state index contributed by atoms with van der Waals surface area (Å²) in [4.78, 5) is 22.7. The third-order valence-electron chi connectivity index (χ3n) is 2.19. The molecule has 0 radical (unpaired) electrons. The van der Waals surface area contributed by atoms with Gasteiger partial charge >= 0.3 is 5.97 Å². The number of benzene rings is 1. The molecule has 5 heteroatoms. The molecule has 1 aromatic rings. The van der Waals surface area contributed by atoms with E-state index < -0.39 is 5.97 Å². The van der Waals surface area contributed by atoms with Crippen LogP contribution in [0.15, 0.2) is 18.2 Å². The van der Waals surface area contributed by atoms with Crippen molar-refractivity contribution in [1.29, 1.82) is 0 Å². The highest BCUT2D eigenvalue weighted by Gasteiger charge is 2.14. The number of aromatic carboxylic acids is 1. The minimum Gasteiger partial charge on any atom is -0.496 e. The smallest absolute Gasteiger partial charge is 0.339 e. The maximum Gasteiger partial charge on any atom is 0.339 e. The van der Waals surface area contributed by atoms with Gasteiger partial charge in [0, 0.05) is 5.56 Å². The van der Waals surface area contributed by atoms with Crippen molar-refractivity contribution in [2.45, 2.75) is 6.92 Å². The summed E-state index contributed by atoms with van der Waals surface area (Å²) in [6.07, 6.45) is 0. The molecule has 0 heterocycles. The van der Waals surface area contributed by atoms with Gasteiger partial charge in [0.25, 0.3) is 0 Å². The molecule has 0 aromatic heterocycles. The number of carbonyl (C=O) groups is 2. The van der Waals surface area contributed by atoms with E-state index in [1.807, 2.05) is 6.92 Å². The van der Waals surface area contributed by atoms with Crippen molar-refractivity contribution < 1.29 is 19.4 Å². The van der Waals surface area contributed by atoms with Crippen LogP contribution in [0.4, 0.5) is 0 Å². The van der Waals surface area contributed by atoms with E-state index >= 15 is 0 Å². The van der Waals surface area contributed by atoms with Crippen molar-refractivity contribution in [3.05, 3.63) is 29.3 Å². The summed E-state index contributed by atoms with van der Waals surface area (Å²) >= 11 is 1.51. The third kappa shape index (κ3) is 3.49. The molecule has 92 valence electrons. The molecule has 0 aliphatic carbocycles. The maximum absolute atomic E-state index is 11.7. The normalized spacial score (nSPS) is 10.0. The largest absolute Gasteiger partial charge is 0.496 e. The summed E-state index contributed by atoms with van der Waals surface area (Å²) < 4.78 is 4.93. The van der Waals surface area contributed by atoms with Crippen molar-refractivity contribution >= 4 is 23.5 Å². The zero-order chi connectivity index (χ0) is 12.8. The minimum absolute atomic E-state index is 0.0137. The Morgan fingerprint density at radius 3 is 2.65 bits per heavy atom. The Morgan fingerprint density at radius 1 is 1.41 bits per heavy atom. The number of carbonyl (C=O) groups excluding carboxylic acids is 1. The van der Waals surface area contributed by atoms with Gasteiger partial charge in [0.2, 0.25) is 0 Å². The van der Waals surface area contributed by atoms with Gasteiger partial charge in [-0.05, 0) is 24.0 Å². The van der Waals surface area contributed by atoms with Gasteiger partial charge in [-0.3, -0.25) is 4.79 Å². The number of hydrogen-bond acceptors (Lipinski definition) is 4. The van der Waals surface area contributed by atoms with Crippen LogP contribution in [0.25, 0.3) is 0 Å². The first-order valence-corrected chi connectivity index (χ1v) is 6.27. The fourth-order valence-corrected chi connectivity index (χ4v) is 1.88. The number of carboxylic acids is 1. The highest BCUT2D eigenvalue weighted by atomic mass is 32.2. The Balaban J connectivity index is 2.99. The number of thioether (sulfide) groups is 1. The van der Waals surface area contributed by atoms with E-state index in [-0.39, 0.29) is 17.1 Å². The summed E-state index contributed by atoms with van der Waals surface area (Å²) in [5.41, 5.74) is 0.420. The molecule has 0 saturated heterocycles. The van der Waals surface area contributed by atoms with Crippen molar-refractivity contribution in [3.63, 3.8) is 0 Å². The van der Waals surface area contributed by atoms with Crippen LogP contribution in [0, 0.1) is 0 Å². The van der Waals surface area contributed by atoms with E-state index in [0.717, 1.165) is 5.75 Å². The Bertz CT molecular complexity index is 429. The van der Waals surface area contributed by atoms with Gasteiger partial charge in [0.15, 0.2) is 5.78 Å². The summed E-state index contributed by atoms with van der Waals surface area (Å²) in [5, 5.41) is 8.98. The molecule has 0 bridgehead atoms. The topological polar surface area (TPSA) is 63.6 Å². The molecule has 0 spiro atoms. The first-order chi connectivity index (χ1) is 8.10. The first kappa shape index (κ1) is 13.6. The standard InChI is InChI=1S/C12H14O4S/c1-3-17-7-10(13)8-4-5-11(16-2)9(6-8)12(14)15/h4-6H,3,7H2,1-2H3,(H,14,15). The molecule has 1 N–H and O–H groups in total. The third-order valence-corrected chi connectivity index (χ3v) is 3.06. The molecule has 0 aliphatic rings. The van der Waals surface area contributed by atoms with E-state index in [0.29, 0.717) is 11.3 Å². The summed E-state index contributed by atoms with van der Waals surface area (Å²) in [6.45, 7) is 1.97. The van der Waals surface area contributed by atoms with Crippen molar-refractivity contribution in [2.24, 2.45) is 0 Å². The fourth-order valence-electron chi connectivity index (χ4n) is 1.33. The number of hydrogen-bond donors (Lipinski definition) is 1. The van der Waals surface area contributed by atoms with Crippen LogP contribution < -0.4 is 4.74 Å². The first-order valence-electron chi connectivity index (χ1n) is 5.12. The Kier molecular flexibility index (Phi) is 5.03. The Labute approximate surface area is 104 Å². The van der Waals surface area contributed by atoms with E-state index in [1.165, 1.54) is 31.0 Å². The van der Waals surface area contributed by atoms with Gasteiger partial charge in [-0.15, -0.1) is 0 Å². The summed E-state index contributed by atoms with van der Waals surface area (Å²) in [6, 6.07) is 4.46. The zero-order valence-electron chi connectivity index (χ0n) is 9.73. The second-order valence-corrected chi connectivity index (χ2v) is 4.55. The van der Waals surface area contributed by atoms with Crippen LogP contribution in [0.1, 0.15) is 27.6 Å². The van der Waals surface area contributed by atoms with Crippen LogP contribution >= 0.6 is 11.8 Å². The SMILES string of the molecule is CCSCC(=O)c1ccc(OC)c(C(=O)O)c1. The molecular weight excluding hydrogens is 240 g/mol. The second kappa shape index (κ2) is 6.30. The number of Topliss-reactive ketones (excluding diaryl/α,β-unsaturated/α-hetero) is 1. The van der Waals surface area contributed by atoms with Crippen LogP contribution in [-0.4, -0.2) is 35.5 Å². The van der Waals surface area contributed by atoms with E-state index in [2.05, 4.69) is 0 Å². The van der Waals surface area contributed by atoms with E-state index in [9.17, 15) is 9.59 Å². The van der Waals surface area contributed by atoms with Gasteiger partial charge in [0.1, 0.15) is 11.3 Å². The monoisotopic (exact) mass is 254 g/mol. The predicted molar refractivity (Wildman–Crippen MR) is 67.3 cm³/mol. The van der Waals surface area contributed by atoms with Crippen molar-refractivity contribution in [2.75, 3.05) is 18.6 Å². The molecule has 0 fully saturated rings. The van der Waals surface area contributed by atoms with Crippen LogP contribution in [0.3, 0.4) is 0 Å². The van der Waals surface area contributed by atoms with Gasteiger partial charge < -0.3 is 9.84 Å². The fraction of sp³-hybridized carbons (Fsp3) is 0.333. The quantitative estimate of drug-likeness (QED) is 0.789. The second-order valence-electron chi connectivity index (χ2n) is 3.28. The molecule has 0 aliphatic heterocycles. The maximum atomic E-state index is 11.7. The molecule has 0 saturated carbocycles. The summed E-state index contributed by atoms with van der Waals surface area (Å²) in [5.74, 6) is 0.314. The highest BCUT2D eigenvalue weighted by Crippen LogP contribution is 2.20. The molecule has 0 amide bonds. The van der Waals surface area contributed by atoms with Gasteiger partial charge in [-0.25, -0.2) is 4.79 Å². The average Bonchev–Trinajstić information content (AvgIpc) is 2.34. The summed E-state index contributed by atoms with van der Waals surface area (Å²) in [7, 11) is 1.40. The lowest BCUT2D eigenvalue weighted by molar-refractivity contribution is 0.0693. The lowest BCUT2D eigenvalue weighted by Gasteiger charge is -2.06. The van der Waals surface area contributed by atoms with Crippen molar-refractivity contribution in [3.8, 4) is 5.75 Å². The molecule has 17 heavy (non-hydrogen) atoms. The Morgan fingerprint density at radius 2 is 2.12 bits per heavy atom. The lowest BCUT2D eigenvalue weighted by atomic mass is 10.1. The number of rotatable bonds is 6. The molecule has 1 aromatic carbocycles. The minimum atomic E-state index is -1.10. The van der Waals surface area contributed by atoms with Crippen LogP contribution in [-0.2, 0) is 0 Å². The predicted octanol–water partition coefficient (Wildman–Crippen LogP) is 2.33. The lowest BCUT2D eigenvalue weighted by Crippen LogP contribution is -2.07. The van der Waals surface area contributed by atoms with Crippen LogP contribution in [0.5, 0.6) is 5.75 Å². The number of methoxy groups -OCH3 is 1. The molecule has 4 nitrogen and oxygen atoms in total.